The molecule has 2 amide bonds. The van der Waals surface area contributed by atoms with Crippen molar-refractivity contribution in [3.05, 3.63) is 29.3 Å². The van der Waals surface area contributed by atoms with Gasteiger partial charge in [-0.15, -0.1) is 0 Å². The van der Waals surface area contributed by atoms with Crippen LogP contribution in [0, 0.1) is 0 Å². The maximum Gasteiger partial charge on any atom is 0.251 e. The lowest BCUT2D eigenvalue weighted by atomic mass is 10.1. The Morgan fingerprint density at radius 3 is 3.00 bits per heavy atom. The Labute approximate surface area is 106 Å². The summed E-state index contributed by atoms with van der Waals surface area (Å²) in [5.74, 6) is -0.443. The summed E-state index contributed by atoms with van der Waals surface area (Å²) >= 11 is 0. The topological polar surface area (TPSA) is 84.2 Å². The highest BCUT2D eigenvalue weighted by molar-refractivity contribution is 5.95. The van der Waals surface area contributed by atoms with E-state index < -0.39 is 0 Å². The second-order valence-corrected chi connectivity index (χ2v) is 4.37. The van der Waals surface area contributed by atoms with Gasteiger partial charge in [0, 0.05) is 30.8 Å². The van der Waals surface area contributed by atoms with Gasteiger partial charge in [-0.25, -0.2) is 0 Å². The van der Waals surface area contributed by atoms with Crippen LogP contribution >= 0.6 is 0 Å². The number of nitrogens with two attached hydrogens (primary N) is 1. The van der Waals surface area contributed by atoms with Crippen LogP contribution in [0.3, 0.4) is 0 Å². The highest BCUT2D eigenvalue weighted by Gasteiger charge is 2.13. The zero-order valence-electron chi connectivity index (χ0n) is 10.2. The molecule has 1 aromatic rings. The normalized spacial score (nSPS) is 12.7. The highest BCUT2D eigenvalue weighted by atomic mass is 16.2. The van der Waals surface area contributed by atoms with Gasteiger partial charge in [-0.2, -0.15) is 0 Å². The molecule has 0 fully saturated rings. The van der Waals surface area contributed by atoms with Crippen LogP contribution in [-0.2, 0) is 11.2 Å². The summed E-state index contributed by atoms with van der Waals surface area (Å²) in [4.78, 5) is 22.4. The van der Waals surface area contributed by atoms with E-state index in [0.717, 1.165) is 18.7 Å². The molecule has 0 unspecified atom stereocenters. The number of rotatable bonds is 5. The van der Waals surface area contributed by atoms with Crippen LogP contribution in [0.5, 0.6) is 0 Å². The Bertz CT molecular complexity index is 471. The van der Waals surface area contributed by atoms with Crippen LogP contribution in [0.4, 0.5) is 5.69 Å². The van der Waals surface area contributed by atoms with Crippen molar-refractivity contribution >= 4 is 17.5 Å². The predicted octanol–water partition coefficient (Wildman–Crippen LogP) is 0.650. The van der Waals surface area contributed by atoms with Crippen molar-refractivity contribution < 1.29 is 9.59 Å². The van der Waals surface area contributed by atoms with E-state index in [0.29, 0.717) is 24.9 Å². The van der Waals surface area contributed by atoms with Gasteiger partial charge in [0.15, 0.2) is 0 Å². The summed E-state index contributed by atoms with van der Waals surface area (Å²) in [7, 11) is 0. The van der Waals surface area contributed by atoms with E-state index in [1.807, 2.05) is 12.1 Å². The Kier molecular flexibility index (Phi) is 3.82. The molecule has 96 valence electrons. The number of fused-ring (bicyclic) bond motifs is 1. The van der Waals surface area contributed by atoms with Crippen molar-refractivity contribution in [3.8, 4) is 0 Å². The monoisotopic (exact) mass is 247 g/mol. The van der Waals surface area contributed by atoms with Gasteiger partial charge in [0.2, 0.25) is 5.91 Å². The van der Waals surface area contributed by atoms with Gasteiger partial charge < -0.3 is 16.4 Å². The molecule has 0 atom stereocenters. The second-order valence-electron chi connectivity index (χ2n) is 4.37. The Hall–Kier alpha value is -2.04. The number of benzene rings is 1. The van der Waals surface area contributed by atoms with Gasteiger partial charge in [-0.05, 0) is 36.6 Å². The zero-order valence-corrected chi connectivity index (χ0v) is 10.2. The number of hydrogen-bond donors (Lipinski definition) is 3. The molecular formula is C13H17N3O2. The molecule has 0 saturated carbocycles. The number of hydrogen-bond acceptors (Lipinski definition) is 3. The first-order chi connectivity index (χ1) is 8.66. The van der Waals surface area contributed by atoms with Gasteiger partial charge in [0.05, 0.1) is 0 Å². The largest absolute Gasteiger partial charge is 0.384 e. The molecule has 5 heteroatoms. The molecule has 18 heavy (non-hydrogen) atoms. The van der Waals surface area contributed by atoms with E-state index in [1.165, 1.54) is 5.56 Å². The number of nitrogens with one attached hydrogen (secondary N) is 2. The first-order valence-electron chi connectivity index (χ1n) is 6.10. The minimum Gasteiger partial charge on any atom is -0.384 e. The second kappa shape index (κ2) is 5.53. The van der Waals surface area contributed by atoms with E-state index in [1.54, 1.807) is 6.07 Å². The quantitative estimate of drug-likeness (QED) is 0.668. The van der Waals surface area contributed by atoms with Crippen LogP contribution in [0.1, 0.15) is 28.8 Å². The summed E-state index contributed by atoms with van der Waals surface area (Å²) < 4.78 is 0. The standard InChI is InChI=1S/C13H17N3O2/c14-12(17)2-1-6-16-13(18)10-3-4-11-9(8-10)5-7-15-11/h3-4,8,15H,1-2,5-7H2,(H2,14,17)(H,16,18). The summed E-state index contributed by atoms with van der Waals surface area (Å²) in [5, 5.41) is 6.03. The molecule has 5 nitrogen and oxygen atoms in total. The summed E-state index contributed by atoms with van der Waals surface area (Å²) in [6, 6.07) is 5.65. The van der Waals surface area contributed by atoms with E-state index in [4.69, 9.17) is 5.73 Å². The fraction of sp³-hybridized carbons (Fsp3) is 0.385. The van der Waals surface area contributed by atoms with Gasteiger partial charge in [-0.1, -0.05) is 0 Å². The molecule has 4 N–H and O–H groups in total. The molecule has 0 saturated heterocycles. The third-order valence-corrected chi connectivity index (χ3v) is 2.96. The van der Waals surface area contributed by atoms with Gasteiger partial charge >= 0.3 is 0 Å². The minimum absolute atomic E-state index is 0.103. The molecule has 0 bridgehead atoms. The maximum atomic E-state index is 11.8. The van der Waals surface area contributed by atoms with Crippen LogP contribution in [0.15, 0.2) is 18.2 Å². The molecular weight excluding hydrogens is 230 g/mol. The first-order valence-corrected chi connectivity index (χ1v) is 6.10. The van der Waals surface area contributed by atoms with Crippen molar-refractivity contribution in [2.75, 3.05) is 18.4 Å². The number of carbonyl (C=O) groups excluding carboxylic acids is 2. The fourth-order valence-corrected chi connectivity index (χ4v) is 2.01. The average molecular weight is 247 g/mol. The van der Waals surface area contributed by atoms with Crippen molar-refractivity contribution in [1.82, 2.24) is 5.32 Å². The Morgan fingerprint density at radius 2 is 2.22 bits per heavy atom. The zero-order chi connectivity index (χ0) is 13.0. The van der Waals surface area contributed by atoms with Gasteiger partial charge in [-0.3, -0.25) is 9.59 Å². The third-order valence-electron chi connectivity index (χ3n) is 2.96. The summed E-state index contributed by atoms with van der Waals surface area (Å²) in [6.45, 7) is 1.40. The van der Waals surface area contributed by atoms with Crippen LogP contribution in [0.2, 0.25) is 0 Å². The van der Waals surface area contributed by atoms with E-state index >= 15 is 0 Å². The minimum atomic E-state index is -0.340. The van der Waals surface area contributed by atoms with E-state index in [2.05, 4.69) is 10.6 Å². The van der Waals surface area contributed by atoms with Gasteiger partial charge in [0.25, 0.3) is 5.91 Å². The van der Waals surface area contributed by atoms with Crippen molar-refractivity contribution in [2.24, 2.45) is 5.73 Å². The third kappa shape index (κ3) is 3.00. The van der Waals surface area contributed by atoms with E-state index in [9.17, 15) is 9.59 Å². The molecule has 0 aliphatic carbocycles. The molecule has 1 heterocycles. The maximum absolute atomic E-state index is 11.8. The van der Waals surface area contributed by atoms with Crippen molar-refractivity contribution in [3.63, 3.8) is 0 Å². The number of primary amides is 1. The number of amides is 2. The lowest BCUT2D eigenvalue weighted by Crippen LogP contribution is -2.25. The number of anilines is 1. The molecule has 0 aromatic heterocycles. The number of carbonyl (C=O) groups is 2. The van der Waals surface area contributed by atoms with Crippen LogP contribution in [0.25, 0.3) is 0 Å². The van der Waals surface area contributed by atoms with E-state index in [-0.39, 0.29) is 11.8 Å². The summed E-state index contributed by atoms with van der Waals surface area (Å²) in [6.07, 6.45) is 1.83. The molecule has 2 rings (SSSR count). The molecule has 1 aromatic carbocycles. The molecule has 1 aliphatic heterocycles. The highest BCUT2D eigenvalue weighted by Crippen LogP contribution is 2.22. The first kappa shape index (κ1) is 12.4. The lowest BCUT2D eigenvalue weighted by Gasteiger charge is -2.06. The molecule has 0 spiro atoms. The average Bonchev–Trinajstić information content (AvgIpc) is 2.81. The molecule has 1 aliphatic rings. The lowest BCUT2D eigenvalue weighted by molar-refractivity contribution is -0.118. The Balaban J connectivity index is 1.87. The Morgan fingerprint density at radius 1 is 1.39 bits per heavy atom. The van der Waals surface area contributed by atoms with Crippen LogP contribution < -0.4 is 16.4 Å². The summed E-state index contributed by atoms with van der Waals surface area (Å²) in [5.41, 5.74) is 7.98. The molecule has 0 radical (unpaired) electrons. The van der Waals surface area contributed by atoms with Crippen molar-refractivity contribution in [1.29, 1.82) is 0 Å². The smallest absolute Gasteiger partial charge is 0.251 e. The fourth-order valence-electron chi connectivity index (χ4n) is 2.01. The van der Waals surface area contributed by atoms with Crippen molar-refractivity contribution in [2.45, 2.75) is 19.3 Å². The predicted molar refractivity (Wildman–Crippen MR) is 69.4 cm³/mol. The SMILES string of the molecule is NC(=O)CCCNC(=O)c1ccc2c(c1)CCN2. The van der Waals surface area contributed by atoms with Gasteiger partial charge in [0.1, 0.15) is 0 Å². The van der Waals surface area contributed by atoms with Crippen LogP contribution in [-0.4, -0.2) is 24.9 Å².